The summed E-state index contributed by atoms with van der Waals surface area (Å²) in [6.45, 7) is 3.65. The molecule has 0 spiro atoms. The zero-order chi connectivity index (χ0) is 26.6. The van der Waals surface area contributed by atoms with E-state index < -0.39 is 0 Å². The molecule has 7 heteroatoms. The van der Waals surface area contributed by atoms with Crippen LogP contribution in [0, 0.1) is 12.7 Å². The van der Waals surface area contributed by atoms with Crippen LogP contribution in [0.15, 0.2) is 91.0 Å². The third-order valence-corrected chi connectivity index (χ3v) is 7.03. The van der Waals surface area contributed by atoms with E-state index in [-0.39, 0.29) is 17.6 Å². The number of halogens is 2. The minimum Gasteiger partial charge on any atom is -0.336 e. The predicted molar refractivity (Wildman–Crippen MR) is 149 cm³/mol. The standard InChI is InChI=1S/C31H27ClFN3O2/c1-22-28(21-29(24-11-13-25(32)14-12-24)36(22)27-9-5-8-26(33)20-27)31(38)35-18-16-34(17-19-35)30(37)15-10-23-6-3-2-4-7-23/h2-15,20-21H,16-19H2,1H3. The van der Waals surface area contributed by atoms with Crippen molar-refractivity contribution in [2.75, 3.05) is 26.2 Å². The molecule has 0 bridgehead atoms. The lowest BCUT2D eigenvalue weighted by molar-refractivity contribution is -0.127. The Labute approximate surface area is 226 Å². The van der Waals surface area contributed by atoms with E-state index in [0.717, 1.165) is 22.5 Å². The molecule has 0 saturated carbocycles. The lowest BCUT2D eigenvalue weighted by Crippen LogP contribution is -2.50. The zero-order valence-electron chi connectivity index (χ0n) is 21.0. The van der Waals surface area contributed by atoms with E-state index in [4.69, 9.17) is 11.6 Å². The fourth-order valence-electron chi connectivity index (χ4n) is 4.74. The molecule has 38 heavy (non-hydrogen) atoms. The highest BCUT2D eigenvalue weighted by atomic mass is 35.5. The maximum atomic E-state index is 14.1. The number of rotatable bonds is 5. The summed E-state index contributed by atoms with van der Waals surface area (Å²) in [6.07, 6.45) is 3.38. The largest absolute Gasteiger partial charge is 0.336 e. The molecule has 1 saturated heterocycles. The molecule has 192 valence electrons. The molecular weight excluding hydrogens is 501 g/mol. The summed E-state index contributed by atoms with van der Waals surface area (Å²) in [7, 11) is 0. The molecule has 5 nitrogen and oxygen atoms in total. The fraction of sp³-hybridized carbons (Fsp3) is 0.161. The maximum Gasteiger partial charge on any atom is 0.255 e. The van der Waals surface area contributed by atoms with Crippen LogP contribution >= 0.6 is 11.6 Å². The summed E-state index contributed by atoms with van der Waals surface area (Å²) in [6, 6.07) is 25.2. The highest BCUT2D eigenvalue weighted by molar-refractivity contribution is 6.30. The van der Waals surface area contributed by atoms with E-state index in [1.807, 2.05) is 66.1 Å². The number of benzene rings is 3. The zero-order valence-corrected chi connectivity index (χ0v) is 21.7. The van der Waals surface area contributed by atoms with Gasteiger partial charge in [-0.05, 0) is 60.5 Å². The van der Waals surface area contributed by atoms with Crippen molar-refractivity contribution >= 4 is 29.5 Å². The summed E-state index contributed by atoms with van der Waals surface area (Å²) < 4.78 is 16.0. The van der Waals surface area contributed by atoms with Gasteiger partial charge in [0, 0.05) is 48.7 Å². The number of hydrogen-bond donors (Lipinski definition) is 0. The van der Waals surface area contributed by atoms with Crippen LogP contribution in [0.3, 0.4) is 0 Å². The van der Waals surface area contributed by atoms with Gasteiger partial charge in [0.1, 0.15) is 5.82 Å². The normalized spacial score (nSPS) is 13.8. The lowest BCUT2D eigenvalue weighted by Gasteiger charge is -2.34. The highest BCUT2D eigenvalue weighted by Gasteiger charge is 2.27. The maximum absolute atomic E-state index is 14.1. The van der Waals surface area contributed by atoms with Gasteiger partial charge in [-0.15, -0.1) is 0 Å². The summed E-state index contributed by atoms with van der Waals surface area (Å²) >= 11 is 6.10. The Kier molecular flexibility index (Phi) is 7.43. The van der Waals surface area contributed by atoms with E-state index in [1.165, 1.54) is 12.1 Å². The van der Waals surface area contributed by atoms with Gasteiger partial charge in [0.25, 0.3) is 5.91 Å². The van der Waals surface area contributed by atoms with Crippen LogP contribution in [0.4, 0.5) is 4.39 Å². The minimum absolute atomic E-state index is 0.0700. The second-order valence-corrected chi connectivity index (χ2v) is 9.65. The van der Waals surface area contributed by atoms with Crippen molar-refractivity contribution in [2.24, 2.45) is 0 Å². The van der Waals surface area contributed by atoms with Gasteiger partial charge in [0.15, 0.2) is 0 Å². The SMILES string of the molecule is Cc1c(C(=O)N2CCN(C(=O)C=Cc3ccccc3)CC2)cc(-c2ccc(Cl)cc2)n1-c1cccc(F)c1. The van der Waals surface area contributed by atoms with Gasteiger partial charge in [-0.3, -0.25) is 9.59 Å². The molecule has 0 N–H and O–H groups in total. The summed E-state index contributed by atoms with van der Waals surface area (Å²) in [5.41, 5.74) is 4.49. The van der Waals surface area contributed by atoms with Gasteiger partial charge in [-0.2, -0.15) is 0 Å². The Bertz CT molecular complexity index is 1490. The monoisotopic (exact) mass is 527 g/mol. The van der Waals surface area contributed by atoms with Gasteiger partial charge < -0.3 is 14.4 Å². The van der Waals surface area contributed by atoms with Gasteiger partial charge in [-0.25, -0.2) is 4.39 Å². The third kappa shape index (κ3) is 5.41. The van der Waals surface area contributed by atoms with Crippen molar-refractivity contribution in [3.63, 3.8) is 0 Å². The van der Waals surface area contributed by atoms with Crippen molar-refractivity contribution in [1.82, 2.24) is 14.4 Å². The molecule has 1 fully saturated rings. The Morgan fingerprint density at radius 2 is 1.53 bits per heavy atom. The van der Waals surface area contributed by atoms with E-state index in [1.54, 1.807) is 40.2 Å². The van der Waals surface area contributed by atoms with Crippen LogP contribution in [0.1, 0.15) is 21.6 Å². The van der Waals surface area contributed by atoms with E-state index in [2.05, 4.69) is 0 Å². The molecule has 1 aliphatic heterocycles. The molecular formula is C31H27ClFN3O2. The number of aromatic nitrogens is 1. The minimum atomic E-state index is -0.354. The van der Waals surface area contributed by atoms with Crippen LogP contribution < -0.4 is 0 Å². The van der Waals surface area contributed by atoms with Crippen molar-refractivity contribution < 1.29 is 14.0 Å². The second-order valence-electron chi connectivity index (χ2n) is 9.21. The average Bonchev–Trinajstić information content (AvgIpc) is 3.29. The molecule has 0 aliphatic carbocycles. The number of carbonyl (C=O) groups excluding carboxylic acids is 2. The Morgan fingerprint density at radius 3 is 2.21 bits per heavy atom. The lowest BCUT2D eigenvalue weighted by atomic mass is 10.1. The predicted octanol–water partition coefficient (Wildman–Crippen LogP) is 6.24. The molecule has 1 aliphatic rings. The molecule has 2 heterocycles. The van der Waals surface area contributed by atoms with Crippen molar-refractivity contribution in [3.05, 3.63) is 119 Å². The topological polar surface area (TPSA) is 45.6 Å². The number of piperazine rings is 1. The second kappa shape index (κ2) is 11.1. The van der Waals surface area contributed by atoms with Gasteiger partial charge in [-0.1, -0.05) is 60.1 Å². The van der Waals surface area contributed by atoms with Crippen molar-refractivity contribution in [1.29, 1.82) is 0 Å². The summed E-state index contributed by atoms with van der Waals surface area (Å²) in [4.78, 5) is 29.9. The van der Waals surface area contributed by atoms with E-state index >= 15 is 0 Å². The molecule has 0 radical (unpaired) electrons. The van der Waals surface area contributed by atoms with Crippen molar-refractivity contribution in [3.8, 4) is 16.9 Å². The van der Waals surface area contributed by atoms with Crippen LogP contribution in [0.25, 0.3) is 23.0 Å². The highest BCUT2D eigenvalue weighted by Crippen LogP contribution is 2.31. The van der Waals surface area contributed by atoms with Gasteiger partial charge >= 0.3 is 0 Å². The first-order chi connectivity index (χ1) is 18.4. The number of nitrogens with zero attached hydrogens (tertiary/aromatic N) is 3. The quantitative estimate of drug-likeness (QED) is 0.288. The molecule has 0 unspecified atom stereocenters. The van der Waals surface area contributed by atoms with E-state index in [9.17, 15) is 14.0 Å². The van der Waals surface area contributed by atoms with Crippen LogP contribution in [0.2, 0.25) is 5.02 Å². The molecule has 4 aromatic rings. The smallest absolute Gasteiger partial charge is 0.255 e. The molecule has 3 aromatic carbocycles. The molecule has 2 amide bonds. The van der Waals surface area contributed by atoms with Crippen LogP contribution in [-0.4, -0.2) is 52.4 Å². The fourth-order valence-corrected chi connectivity index (χ4v) is 4.87. The summed E-state index contributed by atoms with van der Waals surface area (Å²) in [5.74, 6) is -0.535. The number of carbonyl (C=O) groups is 2. The Morgan fingerprint density at radius 1 is 0.842 bits per heavy atom. The molecule has 1 aromatic heterocycles. The Balaban J connectivity index is 1.37. The first-order valence-electron chi connectivity index (χ1n) is 12.5. The average molecular weight is 528 g/mol. The van der Waals surface area contributed by atoms with Crippen LogP contribution in [-0.2, 0) is 4.79 Å². The molecule has 5 rings (SSSR count). The third-order valence-electron chi connectivity index (χ3n) is 6.78. The first kappa shape index (κ1) is 25.5. The van der Waals surface area contributed by atoms with Gasteiger partial charge in [0.05, 0.1) is 11.3 Å². The first-order valence-corrected chi connectivity index (χ1v) is 12.8. The number of amides is 2. The van der Waals surface area contributed by atoms with E-state index in [0.29, 0.717) is 42.5 Å². The van der Waals surface area contributed by atoms with Crippen molar-refractivity contribution in [2.45, 2.75) is 6.92 Å². The molecule has 0 atom stereocenters. The van der Waals surface area contributed by atoms with Gasteiger partial charge in [0.2, 0.25) is 5.91 Å². The number of hydrogen-bond acceptors (Lipinski definition) is 2. The summed E-state index contributed by atoms with van der Waals surface area (Å²) in [5, 5.41) is 0.608. The van der Waals surface area contributed by atoms with Crippen LogP contribution in [0.5, 0.6) is 0 Å². The Hall–Kier alpha value is -4.16.